The predicted octanol–water partition coefficient (Wildman–Crippen LogP) is 2.11. The van der Waals surface area contributed by atoms with Gasteiger partial charge in [0, 0.05) is 0 Å². The van der Waals surface area contributed by atoms with Crippen LogP contribution in [-0.4, -0.2) is 50.9 Å². The fourth-order valence-corrected chi connectivity index (χ4v) is 3.85. The molecule has 160 valence electrons. The predicted molar refractivity (Wildman–Crippen MR) is 105 cm³/mol. The summed E-state index contributed by atoms with van der Waals surface area (Å²) in [6, 6.07) is 3.59. The van der Waals surface area contributed by atoms with Gasteiger partial charge in [0.25, 0.3) is 0 Å². The Labute approximate surface area is 174 Å². The molecule has 10 heteroatoms. The average Bonchev–Trinajstić information content (AvgIpc) is 3.36. The molecule has 0 aliphatic carbocycles. The smallest absolute Gasteiger partial charge is 0.400 e. The number of nitrogens with zero attached hydrogens (tertiary/aromatic N) is 4. The maximum absolute atomic E-state index is 12.2. The van der Waals surface area contributed by atoms with E-state index in [4.69, 9.17) is 31.3 Å². The molecule has 0 bridgehead atoms. The zero-order chi connectivity index (χ0) is 21.7. The molecule has 0 amide bonds. The fraction of sp³-hybridized carbons (Fsp3) is 0.600. The maximum atomic E-state index is 12.2. The Morgan fingerprint density at radius 2 is 2.17 bits per heavy atom. The normalized spacial score (nSPS) is 30.7. The average molecular weight is 415 g/mol. The zero-order valence-corrected chi connectivity index (χ0v) is 17.4. The first kappa shape index (κ1) is 20.5. The van der Waals surface area contributed by atoms with E-state index in [2.05, 4.69) is 14.9 Å². The molecular weight excluding hydrogens is 390 g/mol. The van der Waals surface area contributed by atoms with Crippen molar-refractivity contribution in [3.63, 3.8) is 0 Å². The number of rotatable bonds is 5. The van der Waals surface area contributed by atoms with Crippen molar-refractivity contribution in [1.82, 2.24) is 14.6 Å². The van der Waals surface area contributed by atoms with Crippen molar-refractivity contribution in [2.45, 2.75) is 63.9 Å². The number of ether oxygens (including phenoxy) is 4. The van der Waals surface area contributed by atoms with Gasteiger partial charge in [0.2, 0.25) is 0 Å². The number of carbonyl (C=O) groups excluding carboxylic acids is 1. The van der Waals surface area contributed by atoms with E-state index in [0.29, 0.717) is 23.4 Å². The Morgan fingerprint density at radius 1 is 1.40 bits per heavy atom. The Balaban J connectivity index is 1.70. The van der Waals surface area contributed by atoms with E-state index in [1.165, 1.54) is 6.33 Å². The second-order valence-electron chi connectivity index (χ2n) is 8.13. The van der Waals surface area contributed by atoms with E-state index in [9.17, 15) is 4.79 Å². The third-order valence-electron chi connectivity index (χ3n) is 5.63. The van der Waals surface area contributed by atoms with Crippen molar-refractivity contribution in [1.29, 1.82) is 0 Å². The lowest BCUT2D eigenvalue weighted by atomic mass is 10.0. The summed E-state index contributed by atoms with van der Waals surface area (Å²) in [4.78, 5) is 20.0. The Bertz CT molecular complexity index is 1010. The number of carbonyl (C=O) groups is 1. The van der Waals surface area contributed by atoms with Crippen LogP contribution in [0.15, 0.2) is 18.5 Å². The number of hydrogen-bond donors (Lipinski definition) is 1. The third kappa shape index (κ3) is 3.19. The molecule has 2 aliphatic heterocycles. The molecule has 0 aromatic carbocycles. The van der Waals surface area contributed by atoms with E-state index >= 15 is 0 Å². The Kier molecular flexibility index (Phi) is 4.92. The highest BCUT2D eigenvalue weighted by atomic mass is 16.8. The maximum Gasteiger partial charge on any atom is 0.400 e. The monoisotopic (exact) mass is 415 g/mol. The summed E-state index contributed by atoms with van der Waals surface area (Å²) in [5.41, 5.74) is 5.68. The van der Waals surface area contributed by atoms with Crippen molar-refractivity contribution in [2.75, 3.05) is 12.3 Å². The van der Waals surface area contributed by atoms with Gasteiger partial charge in [-0.1, -0.05) is 13.8 Å². The number of anilines is 1. The first-order chi connectivity index (χ1) is 14.2. The molecule has 10 nitrogen and oxygen atoms in total. The van der Waals surface area contributed by atoms with Gasteiger partial charge in [-0.05, 0) is 32.4 Å². The first-order valence-corrected chi connectivity index (χ1v) is 9.88. The minimum atomic E-state index is -1.53. The standard InChI is InChI=1S/C20H25N5O5/c1-6-11(2)18(26)27-9-20(22-5)16-15(28-19(3,4)30-16)14(29-20)12-7-8-13-17(21)23-10-24-25(12)13/h7-8,10-11,14-16H,6,9H2,1-4H3,(H2,21,23,24)/t11-,14+,15+,16+,20-/m1/s1. The summed E-state index contributed by atoms with van der Waals surface area (Å²) in [6.07, 6.45) is -0.0202. The van der Waals surface area contributed by atoms with Crippen LogP contribution < -0.4 is 5.73 Å². The minimum Gasteiger partial charge on any atom is -0.454 e. The van der Waals surface area contributed by atoms with Gasteiger partial charge in [-0.2, -0.15) is 5.10 Å². The Hall–Kier alpha value is -2.74. The van der Waals surface area contributed by atoms with Crippen LogP contribution in [0.3, 0.4) is 0 Å². The lowest BCUT2D eigenvalue weighted by Gasteiger charge is -2.25. The molecule has 4 heterocycles. The molecule has 30 heavy (non-hydrogen) atoms. The minimum absolute atomic E-state index is 0.253. The van der Waals surface area contributed by atoms with Crippen LogP contribution in [0.25, 0.3) is 10.4 Å². The SMILES string of the molecule is [C-]#[N+][C@]1(COC(=O)[C@H](C)CC)O[C@@H](c2ccc3c(N)ncnn23)[C@@H]2OC(C)(C)O[C@@H]21. The molecule has 2 aliphatic rings. The van der Waals surface area contributed by atoms with Crippen LogP contribution in [0.2, 0.25) is 0 Å². The molecule has 0 spiro atoms. The van der Waals surface area contributed by atoms with Gasteiger partial charge in [0.1, 0.15) is 24.1 Å². The van der Waals surface area contributed by atoms with Gasteiger partial charge < -0.3 is 19.9 Å². The van der Waals surface area contributed by atoms with Crippen LogP contribution in [0.5, 0.6) is 0 Å². The van der Waals surface area contributed by atoms with Crippen LogP contribution >= 0.6 is 0 Å². The zero-order valence-electron chi connectivity index (χ0n) is 17.4. The molecule has 2 aromatic rings. The van der Waals surface area contributed by atoms with Crippen molar-refractivity contribution in [3.05, 3.63) is 35.6 Å². The van der Waals surface area contributed by atoms with Crippen molar-refractivity contribution >= 4 is 17.3 Å². The number of fused-ring (bicyclic) bond motifs is 2. The van der Waals surface area contributed by atoms with Crippen molar-refractivity contribution in [2.24, 2.45) is 5.92 Å². The number of nitrogen functional groups attached to an aromatic ring is 1. The topological polar surface area (TPSA) is 115 Å². The third-order valence-corrected chi connectivity index (χ3v) is 5.63. The molecule has 2 N–H and O–H groups in total. The van der Waals surface area contributed by atoms with Crippen LogP contribution in [0.4, 0.5) is 5.82 Å². The number of aromatic nitrogens is 3. The second kappa shape index (κ2) is 7.19. The molecule has 2 fully saturated rings. The highest BCUT2D eigenvalue weighted by Crippen LogP contribution is 2.50. The quantitative estimate of drug-likeness (QED) is 0.583. The van der Waals surface area contributed by atoms with Gasteiger partial charge in [0.05, 0.1) is 11.6 Å². The number of hydrogen-bond acceptors (Lipinski definition) is 8. The molecule has 5 atom stereocenters. The van der Waals surface area contributed by atoms with E-state index in [1.54, 1.807) is 31.4 Å². The summed E-state index contributed by atoms with van der Waals surface area (Å²) in [7, 11) is 0. The molecule has 0 radical (unpaired) electrons. The van der Waals surface area contributed by atoms with Crippen molar-refractivity contribution < 1.29 is 23.7 Å². The highest BCUT2D eigenvalue weighted by molar-refractivity contribution is 5.72. The van der Waals surface area contributed by atoms with E-state index in [1.807, 2.05) is 13.0 Å². The Morgan fingerprint density at radius 3 is 2.87 bits per heavy atom. The first-order valence-electron chi connectivity index (χ1n) is 9.88. The summed E-state index contributed by atoms with van der Waals surface area (Å²) in [6.45, 7) is 14.8. The number of esters is 1. The van der Waals surface area contributed by atoms with E-state index < -0.39 is 29.8 Å². The van der Waals surface area contributed by atoms with Crippen LogP contribution in [-0.2, 0) is 23.7 Å². The van der Waals surface area contributed by atoms with E-state index in [-0.39, 0.29) is 18.5 Å². The highest BCUT2D eigenvalue weighted by Gasteiger charge is 2.69. The number of nitrogens with two attached hydrogens (primary N) is 1. The molecule has 2 saturated heterocycles. The molecule has 0 saturated carbocycles. The van der Waals surface area contributed by atoms with Crippen molar-refractivity contribution in [3.8, 4) is 0 Å². The molecule has 0 unspecified atom stereocenters. The fourth-order valence-electron chi connectivity index (χ4n) is 3.85. The van der Waals surface area contributed by atoms with Crippen LogP contribution in [0.1, 0.15) is 45.9 Å². The molecule has 2 aromatic heterocycles. The van der Waals surface area contributed by atoms with Gasteiger partial charge in [-0.3, -0.25) is 14.4 Å². The summed E-state index contributed by atoms with van der Waals surface area (Å²) >= 11 is 0. The lowest BCUT2D eigenvalue weighted by molar-refractivity contribution is -0.211. The van der Waals surface area contributed by atoms with Gasteiger partial charge in [-0.15, -0.1) is 0 Å². The summed E-state index contributed by atoms with van der Waals surface area (Å²) < 4.78 is 25.4. The van der Waals surface area contributed by atoms with Gasteiger partial charge >= 0.3 is 11.7 Å². The summed E-state index contributed by atoms with van der Waals surface area (Å²) in [5.74, 6) is -1.24. The van der Waals surface area contributed by atoms with E-state index in [0.717, 1.165) is 0 Å². The second-order valence-corrected chi connectivity index (χ2v) is 8.13. The summed E-state index contributed by atoms with van der Waals surface area (Å²) in [5, 5.41) is 4.27. The molecular formula is C20H25N5O5. The largest absolute Gasteiger partial charge is 0.454 e. The van der Waals surface area contributed by atoms with Gasteiger partial charge in [-0.25, -0.2) is 16.1 Å². The lowest BCUT2D eigenvalue weighted by Crippen LogP contribution is -2.45. The van der Waals surface area contributed by atoms with Gasteiger partial charge in [0.15, 0.2) is 24.3 Å². The molecule has 4 rings (SSSR count). The van der Waals surface area contributed by atoms with Crippen LogP contribution in [0, 0.1) is 12.5 Å².